The number of unbranched alkanes of at least 4 members (excludes halogenated alkanes) is 1. The fraction of sp³-hybridized carbons (Fsp3) is 0.385. The molecule has 0 amide bonds. The lowest BCUT2D eigenvalue weighted by molar-refractivity contribution is 0.359. The molecular weight excluding hydrogens is 172 g/mol. The third-order valence-electron chi connectivity index (χ3n) is 2.45. The lowest BCUT2D eigenvalue weighted by Gasteiger charge is -2.15. The molecule has 1 heteroatoms. The monoisotopic (exact) mass is 190 g/mol. The van der Waals surface area contributed by atoms with Gasteiger partial charge in [-0.2, -0.15) is 0 Å². The van der Waals surface area contributed by atoms with Crippen LogP contribution in [-0.2, 0) is 0 Å². The van der Waals surface area contributed by atoms with Gasteiger partial charge in [-0.05, 0) is 12.0 Å². The van der Waals surface area contributed by atoms with Crippen molar-refractivity contribution in [2.45, 2.75) is 32.1 Å². The predicted octanol–water partition coefficient (Wildman–Crippen LogP) is 4.03. The Hall–Kier alpha value is -1.24. The molecule has 14 heavy (non-hydrogen) atoms. The number of allylic oxidation sites excluding steroid dienone is 1. The predicted molar refractivity (Wildman–Crippen MR) is 60.5 cm³/mol. The van der Waals surface area contributed by atoms with Crippen molar-refractivity contribution in [3.05, 3.63) is 48.2 Å². The van der Waals surface area contributed by atoms with E-state index in [2.05, 4.69) is 13.5 Å². The van der Waals surface area contributed by atoms with Crippen LogP contribution in [0.25, 0.3) is 0 Å². The van der Waals surface area contributed by atoms with Crippen LogP contribution < -0.4 is 0 Å². The molecule has 0 spiro atoms. The molecule has 0 aromatic heterocycles. The second-order valence-corrected chi connectivity index (χ2v) is 3.60. The van der Waals surface area contributed by atoms with E-state index in [4.69, 9.17) is 0 Å². The highest BCUT2D eigenvalue weighted by molar-refractivity contribution is 5.24. The van der Waals surface area contributed by atoms with E-state index < -0.39 is 0 Å². The second-order valence-electron chi connectivity index (χ2n) is 3.60. The van der Waals surface area contributed by atoms with E-state index in [1.807, 2.05) is 30.3 Å². The van der Waals surface area contributed by atoms with Crippen molar-refractivity contribution in [3.63, 3.8) is 0 Å². The number of benzene rings is 1. The molecule has 1 nitrogen and oxygen atoms in total. The summed E-state index contributed by atoms with van der Waals surface area (Å²) in [6.07, 6.45) is 3.26. The van der Waals surface area contributed by atoms with Crippen LogP contribution in [0.3, 0.4) is 0 Å². The highest BCUT2D eigenvalue weighted by Gasteiger charge is 2.12. The average Bonchev–Trinajstić information content (AvgIpc) is 2.19. The van der Waals surface area contributed by atoms with E-state index >= 15 is 0 Å². The Morgan fingerprint density at radius 2 is 2.00 bits per heavy atom. The van der Waals surface area contributed by atoms with E-state index in [0.29, 0.717) is 0 Å². The summed E-state index contributed by atoms with van der Waals surface area (Å²) in [6, 6.07) is 10.1. The fourth-order valence-electron chi connectivity index (χ4n) is 1.62. The van der Waals surface area contributed by atoms with Gasteiger partial charge in [-0.15, -0.1) is 0 Å². The Labute approximate surface area is 86.1 Å². The Balaban J connectivity index is 2.73. The molecule has 0 fully saturated rings. The molecule has 1 N–H and O–H groups in total. The zero-order chi connectivity index (χ0) is 10.4. The molecule has 0 aliphatic carbocycles. The number of aliphatic hydroxyl groups is 1. The zero-order valence-electron chi connectivity index (χ0n) is 8.74. The summed E-state index contributed by atoms with van der Waals surface area (Å²) < 4.78 is 0. The van der Waals surface area contributed by atoms with Crippen LogP contribution in [0.1, 0.15) is 37.7 Å². The molecular formula is C13H18O. The fourth-order valence-corrected chi connectivity index (χ4v) is 1.62. The molecule has 0 saturated carbocycles. The third kappa shape index (κ3) is 2.91. The summed E-state index contributed by atoms with van der Waals surface area (Å²) >= 11 is 0. The van der Waals surface area contributed by atoms with Crippen LogP contribution in [0.4, 0.5) is 0 Å². The highest BCUT2D eigenvalue weighted by Crippen LogP contribution is 2.26. The molecule has 0 heterocycles. The molecule has 0 saturated heterocycles. The maximum atomic E-state index is 9.50. The van der Waals surface area contributed by atoms with Crippen LogP contribution >= 0.6 is 0 Å². The summed E-state index contributed by atoms with van der Waals surface area (Å²) in [5, 5.41) is 9.50. The first-order valence-corrected chi connectivity index (χ1v) is 5.18. The number of rotatable bonds is 5. The third-order valence-corrected chi connectivity index (χ3v) is 2.45. The summed E-state index contributed by atoms with van der Waals surface area (Å²) in [7, 11) is 0. The molecule has 1 rings (SSSR count). The Morgan fingerprint density at radius 3 is 2.50 bits per heavy atom. The van der Waals surface area contributed by atoms with E-state index in [-0.39, 0.29) is 11.7 Å². The van der Waals surface area contributed by atoms with E-state index in [0.717, 1.165) is 24.8 Å². The van der Waals surface area contributed by atoms with Gasteiger partial charge >= 0.3 is 0 Å². The number of hydrogen-bond donors (Lipinski definition) is 1. The van der Waals surface area contributed by atoms with Gasteiger partial charge in [0.15, 0.2) is 0 Å². The van der Waals surface area contributed by atoms with Gasteiger partial charge in [0.05, 0.1) is 5.76 Å². The molecule has 1 aromatic rings. The summed E-state index contributed by atoms with van der Waals surface area (Å²) in [5.74, 6) is 0.390. The molecule has 0 aliphatic rings. The minimum Gasteiger partial charge on any atom is -0.512 e. The SMILES string of the molecule is C=C(O)C(CCCC)c1ccccc1. The first-order valence-electron chi connectivity index (χ1n) is 5.18. The highest BCUT2D eigenvalue weighted by atomic mass is 16.3. The van der Waals surface area contributed by atoms with Gasteiger partial charge in [0, 0.05) is 5.92 Å². The molecule has 1 aromatic carbocycles. The van der Waals surface area contributed by atoms with Crippen LogP contribution in [0, 0.1) is 0 Å². The summed E-state index contributed by atoms with van der Waals surface area (Å²) in [4.78, 5) is 0. The lowest BCUT2D eigenvalue weighted by Crippen LogP contribution is -2.01. The smallest absolute Gasteiger partial charge is 0.0925 e. The zero-order valence-corrected chi connectivity index (χ0v) is 8.74. The number of hydrogen-bond acceptors (Lipinski definition) is 1. The minimum atomic E-state index is 0.108. The van der Waals surface area contributed by atoms with Crippen molar-refractivity contribution < 1.29 is 5.11 Å². The molecule has 0 aliphatic heterocycles. The maximum Gasteiger partial charge on any atom is 0.0925 e. The second kappa shape index (κ2) is 5.48. The molecule has 1 atom stereocenters. The largest absolute Gasteiger partial charge is 0.512 e. The Bertz CT molecular complexity index is 277. The minimum absolute atomic E-state index is 0.108. The van der Waals surface area contributed by atoms with Gasteiger partial charge in [-0.1, -0.05) is 56.7 Å². The average molecular weight is 190 g/mol. The normalized spacial score (nSPS) is 12.4. The molecule has 0 bridgehead atoms. The van der Waals surface area contributed by atoms with Crippen molar-refractivity contribution in [3.8, 4) is 0 Å². The van der Waals surface area contributed by atoms with E-state index in [1.165, 1.54) is 0 Å². The maximum absolute atomic E-state index is 9.50. The van der Waals surface area contributed by atoms with Gasteiger partial charge in [0.1, 0.15) is 0 Å². The van der Waals surface area contributed by atoms with E-state index in [1.54, 1.807) is 0 Å². The van der Waals surface area contributed by atoms with Crippen LogP contribution in [0.5, 0.6) is 0 Å². The standard InChI is InChI=1S/C13H18O/c1-3-4-10-13(11(2)14)12-8-6-5-7-9-12/h5-9,13-14H,2-4,10H2,1H3. The molecule has 1 unspecified atom stereocenters. The van der Waals surface area contributed by atoms with Gasteiger partial charge in [-0.25, -0.2) is 0 Å². The lowest BCUT2D eigenvalue weighted by atomic mass is 9.92. The van der Waals surface area contributed by atoms with Crippen LogP contribution in [0.15, 0.2) is 42.7 Å². The summed E-state index contributed by atoms with van der Waals surface area (Å²) in [6.45, 7) is 5.80. The van der Waals surface area contributed by atoms with E-state index in [9.17, 15) is 5.11 Å². The van der Waals surface area contributed by atoms with Gasteiger partial charge in [0.2, 0.25) is 0 Å². The first-order chi connectivity index (χ1) is 6.75. The topological polar surface area (TPSA) is 20.2 Å². The number of aliphatic hydroxyl groups excluding tert-OH is 1. The Morgan fingerprint density at radius 1 is 1.36 bits per heavy atom. The van der Waals surface area contributed by atoms with Crippen LogP contribution in [0.2, 0.25) is 0 Å². The quantitative estimate of drug-likeness (QED) is 0.695. The van der Waals surface area contributed by atoms with Crippen molar-refractivity contribution >= 4 is 0 Å². The van der Waals surface area contributed by atoms with Crippen molar-refractivity contribution in [1.29, 1.82) is 0 Å². The summed E-state index contributed by atoms with van der Waals surface area (Å²) in [5.41, 5.74) is 1.16. The van der Waals surface area contributed by atoms with Gasteiger partial charge < -0.3 is 5.11 Å². The molecule has 0 radical (unpaired) electrons. The molecule has 76 valence electrons. The van der Waals surface area contributed by atoms with Crippen molar-refractivity contribution in [2.24, 2.45) is 0 Å². The first kappa shape index (κ1) is 10.8. The Kier molecular flexibility index (Phi) is 4.24. The van der Waals surface area contributed by atoms with Crippen molar-refractivity contribution in [2.75, 3.05) is 0 Å². The van der Waals surface area contributed by atoms with Gasteiger partial charge in [0.25, 0.3) is 0 Å². The van der Waals surface area contributed by atoms with Crippen LogP contribution in [-0.4, -0.2) is 5.11 Å². The van der Waals surface area contributed by atoms with Crippen molar-refractivity contribution in [1.82, 2.24) is 0 Å². The van der Waals surface area contributed by atoms with Gasteiger partial charge in [-0.3, -0.25) is 0 Å².